The molecule has 1 aliphatic heterocycles. The van der Waals surface area contributed by atoms with Crippen molar-refractivity contribution in [2.24, 2.45) is 5.73 Å². The van der Waals surface area contributed by atoms with Gasteiger partial charge in [-0.3, -0.25) is 5.41 Å². The lowest BCUT2D eigenvalue weighted by atomic mass is 10.1. The fourth-order valence-electron chi connectivity index (χ4n) is 3.10. The number of imidazole rings is 1. The van der Waals surface area contributed by atoms with E-state index in [0.29, 0.717) is 31.1 Å². The Morgan fingerprint density at radius 3 is 3.04 bits per heavy atom. The summed E-state index contributed by atoms with van der Waals surface area (Å²) in [5.74, 6) is 1.16. The summed E-state index contributed by atoms with van der Waals surface area (Å²) in [5.41, 5.74) is 14.0. The maximum Gasteiger partial charge on any atom is 0.185 e. The minimum atomic E-state index is -0.0624. The summed E-state index contributed by atoms with van der Waals surface area (Å²) in [6.45, 7) is 1.44. The number of ether oxygens (including phenoxy) is 1. The van der Waals surface area contributed by atoms with Crippen LogP contribution in [0.5, 0.6) is 0 Å². The summed E-state index contributed by atoms with van der Waals surface area (Å²) in [6.07, 6.45) is 0. The normalized spacial score (nSPS) is 17.3. The van der Waals surface area contributed by atoms with Crippen LogP contribution in [0.2, 0.25) is 0 Å². The van der Waals surface area contributed by atoms with Gasteiger partial charge in [0, 0.05) is 11.9 Å². The summed E-state index contributed by atoms with van der Waals surface area (Å²) in [5, 5.41) is 11.2. The molecule has 3 heterocycles. The van der Waals surface area contributed by atoms with E-state index < -0.39 is 0 Å². The van der Waals surface area contributed by atoms with Crippen LogP contribution in [0.15, 0.2) is 24.3 Å². The molecule has 0 saturated carbocycles. The second kappa shape index (κ2) is 5.10. The highest BCUT2D eigenvalue weighted by Gasteiger charge is 2.26. The molecule has 6 N–H and O–H groups in total. The Morgan fingerprint density at radius 1 is 1.39 bits per heavy atom. The number of nitrogens with zero attached hydrogens (tertiary/aromatic N) is 3. The topological polar surface area (TPSA) is 128 Å². The molecule has 0 saturated heterocycles. The number of anilines is 1. The Hall–Kier alpha value is -2.87. The first-order chi connectivity index (χ1) is 11.1. The van der Waals surface area contributed by atoms with Gasteiger partial charge in [-0.15, -0.1) is 0 Å². The van der Waals surface area contributed by atoms with Gasteiger partial charge in [0.05, 0.1) is 23.7 Å². The van der Waals surface area contributed by atoms with E-state index in [2.05, 4.69) is 19.9 Å². The van der Waals surface area contributed by atoms with Gasteiger partial charge in [0.1, 0.15) is 17.9 Å². The van der Waals surface area contributed by atoms with E-state index in [1.807, 2.05) is 24.3 Å². The van der Waals surface area contributed by atoms with Gasteiger partial charge >= 0.3 is 0 Å². The first-order valence-electron chi connectivity index (χ1n) is 7.36. The Morgan fingerprint density at radius 2 is 2.22 bits per heavy atom. The van der Waals surface area contributed by atoms with Crippen LogP contribution in [-0.2, 0) is 11.3 Å². The predicted molar refractivity (Wildman–Crippen MR) is 88.1 cm³/mol. The second-order valence-electron chi connectivity index (χ2n) is 5.57. The van der Waals surface area contributed by atoms with E-state index >= 15 is 0 Å². The zero-order chi connectivity index (χ0) is 16.0. The molecular formula is C15H17N7O. The maximum absolute atomic E-state index is 7.36. The molecule has 1 aliphatic rings. The predicted octanol–water partition coefficient (Wildman–Crippen LogP) is 0.721. The second-order valence-corrected chi connectivity index (χ2v) is 5.57. The third-order valence-electron chi connectivity index (χ3n) is 4.06. The molecule has 23 heavy (non-hydrogen) atoms. The maximum atomic E-state index is 7.36. The number of nitrogen functional groups attached to an aromatic ring is 1. The molecule has 0 radical (unpaired) electrons. The van der Waals surface area contributed by atoms with Crippen LogP contribution in [0.3, 0.4) is 0 Å². The molecule has 8 nitrogen and oxygen atoms in total. The van der Waals surface area contributed by atoms with E-state index in [1.54, 1.807) is 0 Å². The molecule has 1 aromatic carbocycles. The van der Waals surface area contributed by atoms with Gasteiger partial charge in [0.25, 0.3) is 0 Å². The summed E-state index contributed by atoms with van der Waals surface area (Å²) in [6, 6.07) is 7.85. The summed E-state index contributed by atoms with van der Waals surface area (Å²) >= 11 is 0. The zero-order valence-electron chi connectivity index (χ0n) is 12.4. The van der Waals surface area contributed by atoms with Gasteiger partial charge in [-0.1, -0.05) is 18.2 Å². The first-order valence-corrected chi connectivity index (χ1v) is 7.36. The molecule has 8 heteroatoms. The molecule has 0 bridgehead atoms. The lowest BCUT2D eigenvalue weighted by molar-refractivity contribution is 0.0579. The SMILES string of the molecule is N=C(N)NC[C@H]1COCc2nc3c(N)nc4ccccc4c3n21. The molecule has 0 unspecified atom stereocenters. The summed E-state index contributed by atoms with van der Waals surface area (Å²) < 4.78 is 7.76. The molecule has 1 atom stereocenters. The minimum Gasteiger partial charge on any atom is -0.382 e. The Labute approximate surface area is 132 Å². The molecule has 3 aromatic rings. The summed E-state index contributed by atoms with van der Waals surface area (Å²) in [4.78, 5) is 9.06. The van der Waals surface area contributed by atoms with E-state index in [9.17, 15) is 0 Å². The summed E-state index contributed by atoms with van der Waals surface area (Å²) in [7, 11) is 0. The van der Waals surface area contributed by atoms with Gasteiger partial charge in [-0.2, -0.15) is 0 Å². The van der Waals surface area contributed by atoms with Crippen LogP contribution in [0.4, 0.5) is 5.82 Å². The number of guanidine groups is 1. The Kier molecular flexibility index (Phi) is 3.05. The number of pyridine rings is 1. The van der Waals surface area contributed by atoms with E-state index in [1.165, 1.54) is 0 Å². The highest BCUT2D eigenvalue weighted by molar-refractivity contribution is 6.06. The number of benzene rings is 1. The lowest BCUT2D eigenvalue weighted by Gasteiger charge is -2.26. The number of para-hydroxylation sites is 1. The van der Waals surface area contributed by atoms with Crippen LogP contribution < -0.4 is 16.8 Å². The third kappa shape index (κ3) is 2.15. The van der Waals surface area contributed by atoms with E-state index in [0.717, 1.165) is 22.2 Å². The van der Waals surface area contributed by atoms with E-state index in [-0.39, 0.29) is 12.0 Å². The van der Waals surface area contributed by atoms with Crippen LogP contribution >= 0.6 is 0 Å². The van der Waals surface area contributed by atoms with Gasteiger partial charge in [0.15, 0.2) is 11.8 Å². The molecule has 118 valence electrons. The monoisotopic (exact) mass is 311 g/mol. The number of fused-ring (bicyclic) bond motifs is 5. The van der Waals surface area contributed by atoms with Crippen molar-refractivity contribution >= 4 is 33.7 Å². The quantitative estimate of drug-likeness (QED) is 0.408. The minimum absolute atomic E-state index is 0.0159. The first kappa shape index (κ1) is 13.8. The van der Waals surface area contributed by atoms with Crippen LogP contribution in [0.25, 0.3) is 21.9 Å². The molecule has 0 amide bonds. The van der Waals surface area contributed by atoms with Crippen LogP contribution in [0.1, 0.15) is 11.9 Å². The fourth-order valence-corrected chi connectivity index (χ4v) is 3.10. The average Bonchev–Trinajstić information content (AvgIpc) is 2.94. The number of rotatable bonds is 2. The standard InChI is InChI=1S/C15H17N7O/c16-14-12-13(9-3-1-2-4-10(9)20-14)22-8(5-19-15(17)18)6-23-7-11(22)21-12/h1-4,8H,5-7H2,(H2,16,20)(H4,17,18,19)/t8-/m0/s1. The van der Waals surface area contributed by atoms with Crippen molar-refractivity contribution in [2.45, 2.75) is 12.6 Å². The highest BCUT2D eigenvalue weighted by atomic mass is 16.5. The molecular weight excluding hydrogens is 294 g/mol. The van der Waals surface area contributed by atoms with Crippen molar-refractivity contribution in [3.63, 3.8) is 0 Å². The average molecular weight is 311 g/mol. The van der Waals surface area contributed by atoms with Crippen molar-refractivity contribution in [3.05, 3.63) is 30.1 Å². The largest absolute Gasteiger partial charge is 0.382 e. The Bertz CT molecular complexity index is 917. The molecule has 0 aliphatic carbocycles. The Balaban J connectivity index is 1.97. The van der Waals surface area contributed by atoms with Gasteiger partial charge in [0.2, 0.25) is 0 Å². The van der Waals surface area contributed by atoms with Crippen LogP contribution in [-0.4, -0.2) is 33.6 Å². The number of hydrogen-bond donors (Lipinski definition) is 4. The van der Waals surface area contributed by atoms with Gasteiger partial charge in [-0.05, 0) is 6.07 Å². The smallest absolute Gasteiger partial charge is 0.185 e. The number of hydrogen-bond acceptors (Lipinski definition) is 5. The fraction of sp³-hybridized carbons (Fsp3) is 0.267. The van der Waals surface area contributed by atoms with Gasteiger partial charge < -0.3 is 26.1 Å². The van der Waals surface area contributed by atoms with Crippen molar-refractivity contribution in [3.8, 4) is 0 Å². The van der Waals surface area contributed by atoms with Crippen molar-refractivity contribution in [1.82, 2.24) is 19.9 Å². The molecule has 2 aromatic heterocycles. The zero-order valence-corrected chi connectivity index (χ0v) is 12.4. The van der Waals surface area contributed by atoms with Crippen molar-refractivity contribution in [2.75, 3.05) is 18.9 Å². The molecule has 4 rings (SSSR count). The van der Waals surface area contributed by atoms with Crippen molar-refractivity contribution in [1.29, 1.82) is 5.41 Å². The third-order valence-corrected chi connectivity index (χ3v) is 4.06. The molecule has 0 spiro atoms. The van der Waals surface area contributed by atoms with Crippen molar-refractivity contribution < 1.29 is 4.74 Å². The number of nitrogens with two attached hydrogens (primary N) is 2. The molecule has 0 fully saturated rings. The number of nitrogens with one attached hydrogen (secondary N) is 2. The van der Waals surface area contributed by atoms with Crippen LogP contribution in [0, 0.1) is 5.41 Å². The van der Waals surface area contributed by atoms with Gasteiger partial charge in [-0.25, -0.2) is 9.97 Å². The lowest BCUT2D eigenvalue weighted by Crippen LogP contribution is -2.38. The highest BCUT2D eigenvalue weighted by Crippen LogP contribution is 2.32. The number of aromatic nitrogens is 3. The van der Waals surface area contributed by atoms with E-state index in [4.69, 9.17) is 21.6 Å².